The SMILES string of the molecule is COc1ccc(CNC(=O)c2ccc(C(=O)NCc3ccccc3F)cc2)cc1. The molecule has 0 bridgehead atoms. The molecule has 3 aromatic carbocycles. The maximum atomic E-state index is 13.6. The summed E-state index contributed by atoms with van der Waals surface area (Å²) < 4.78 is 18.7. The van der Waals surface area contributed by atoms with Gasteiger partial charge in [-0.25, -0.2) is 4.39 Å². The quantitative estimate of drug-likeness (QED) is 0.644. The zero-order chi connectivity index (χ0) is 20.6. The van der Waals surface area contributed by atoms with E-state index < -0.39 is 0 Å². The molecule has 148 valence electrons. The number of benzene rings is 3. The molecule has 0 fully saturated rings. The predicted molar refractivity (Wildman–Crippen MR) is 108 cm³/mol. The highest BCUT2D eigenvalue weighted by Crippen LogP contribution is 2.12. The molecule has 0 unspecified atom stereocenters. The number of carbonyl (C=O) groups is 2. The Balaban J connectivity index is 1.53. The van der Waals surface area contributed by atoms with Gasteiger partial charge in [0.25, 0.3) is 11.8 Å². The highest BCUT2D eigenvalue weighted by atomic mass is 19.1. The lowest BCUT2D eigenvalue weighted by molar-refractivity contribution is 0.0939. The maximum Gasteiger partial charge on any atom is 0.251 e. The minimum atomic E-state index is -0.364. The Morgan fingerprint density at radius 3 is 1.90 bits per heavy atom. The number of halogens is 1. The van der Waals surface area contributed by atoms with Crippen LogP contribution in [0.1, 0.15) is 31.8 Å². The van der Waals surface area contributed by atoms with Crippen molar-refractivity contribution in [1.29, 1.82) is 0 Å². The van der Waals surface area contributed by atoms with Gasteiger partial charge in [0.15, 0.2) is 0 Å². The van der Waals surface area contributed by atoms with Crippen LogP contribution in [0.4, 0.5) is 4.39 Å². The van der Waals surface area contributed by atoms with Crippen molar-refractivity contribution in [1.82, 2.24) is 10.6 Å². The largest absolute Gasteiger partial charge is 0.497 e. The molecule has 0 aromatic heterocycles. The Kier molecular flexibility index (Phi) is 6.58. The summed E-state index contributed by atoms with van der Waals surface area (Å²) in [5.41, 5.74) is 2.20. The zero-order valence-electron chi connectivity index (χ0n) is 15.9. The van der Waals surface area contributed by atoms with Crippen molar-refractivity contribution in [3.05, 3.63) is 101 Å². The number of hydrogen-bond acceptors (Lipinski definition) is 3. The second-order valence-electron chi connectivity index (χ2n) is 6.38. The lowest BCUT2D eigenvalue weighted by Crippen LogP contribution is -2.24. The first kappa shape index (κ1) is 20.1. The minimum Gasteiger partial charge on any atom is -0.497 e. The van der Waals surface area contributed by atoms with Crippen LogP contribution in [0, 0.1) is 5.82 Å². The molecule has 0 radical (unpaired) electrons. The smallest absolute Gasteiger partial charge is 0.251 e. The lowest BCUT2D eigenvalue weighted by Gasteiger charge is -2.08. The normalized spacial score (nSPS) is 10.3. The predicted octanol–water partition coefficient (Wildman–Crippen LogP) is 3.69. The first-order valence-electron chi connectivity index (χ1n) is 9.09. The van der Waals surface area contributed by atoms with E-state index in [0.29, 0.717) is 23.2 Å². The molecule has 0 aliphatic carbocycles. The standard InChI is InChI=1S/C23H21FN2O3/c1-29-20-12-6-16(7-13-20)14-25-22(27)17-8-10-18(11-9-17)23(28)26-15-19-4-2-3-5-21(19)24/h2-13H,14-15H2,1H3,(H,25,27)(H,26,28). The lowest BCUT2D eigenvalue weighted by atomic mass is 10.1. The maximum absolute atomic E-state index is 13.6. The van der Waals surface area contributed by atoms with Crippen molar-refractivity contribution >= 4 is 11.8 Å². The van der Waals surface area contributed by atoms with Crippen LogP contribution in [0.25, 0.3) is 0 Å². The molecule has 2 amide bonds. The van der Waals surface area contributed by atoms with E-state index >= 15 is 0 Å². The van der Waals surface area contributed by atoms with Crippen LogP contribution in [0.15, 0.2) is 72.8 Å². The molecule has 3 rings (SSSR count). The Labute approximate surface area is 168 Å². The van der Waals surface area contributed by atoms with E-state index in [9.17, 15) is 14.0 Å². The molecule has 3 aromatic rings. The number of methoxy groups -OCH3 is 1. The Bertz CT molecular complexity index is 986. The van der Waals surface area contributed by atoms with E-state index in [1.54, 1.807) is 49.6 Å². The summed E-state index contributed by atoms with van der Waals surface area (Å²) in [6, 6.07) is 20.0. The van der Waals surface area contributed by atoms with Crippen LogP contribution in [0.5, 0.6) is 5.75 Å². The molecular weight excluding hydrogens is 371 g/mol. The van der Waals surface area contributed by atoms with E-state index in [0.717, 1.165) is 11.3 Å². The van der Waals surface area contributed by atoms with Crippen molar-refractivity contribution in [3.8, 4) is 5.75 Å². The van der Waals surface area contributed by atoms with E-state index in [-0.39, 0.29) is 24.2 Å². The van der Waals surface area contributed by atoms with Crippen LogP contribution >= 0.6 is 0 Å². The zero-order valence-corrected chi connectivity index (χ0v) is 15.9. The van der Waals surface area contributed by atoms with Gasteiger partial charge in [-0.3, -0.25) is 9.59 Å². The van der Waals surface area contributed by atoms with Gasteiger partial charge in [-0.1, -0.05) is 30.3 Å². The van der Waals surface area contributed by atoms with Crippen LogP contribution in [-0.4, -0.2) is 18.9 Å². The molecule has 0 atom stereocenters. The van der Waals surface area contributed by atoms with Crippen molar-refractivity contribution in [3.63, 3.8) is 0 Å². The molecule has 0 aliphatic heterocycles. The number of hydrogen-bond donors (Lipinski definition) is 2. The van der Waals surface area contributed by atoms with Crippen molar-refractivity contribution in [2.75, 3.05) is 7.11 Å². The average molecular weight is 392 g/mol. The Morgan fingerprint density at radius 1 is 0.793 bits per heavy atom. The highest BCUT2D eigenvalue weighted by molar-refractivity contribution is 5.97. The van der Waals surface area contributed by atoms with Gasteiger partial charge in [-0.05, 0) is 48.0 Å². The average Bonchev–Trinajstić information content (AvgIpc) is 2.77. The fourth-order valence-electron chi connectivity index (χ4n) is 2.72. The topological polar surface area (TPSA) is 67.4 Å². The highest BCUT2D eigenvalue weighted by Gasteiger charge is 2.10. The van der Waals surface area contributed by atoms with E-state index in [2.05, 4.69) is 10.6 Å². The number of nitrogens with one attached hydrogen (secondary N) is 2. The molecule has 0 spiro atoms. The molecule has 29 heavy (non-hydrogen) atoms. The first-order chi connectivity index (χ1) is 14.1. The third-order valence-electron chi connectivity index (χ3n) is 4.42. The van der Waals surface area contributed by atoms with E-state index in [4.69, 9.17) is 4.74 Å². The van der Waals surface area contributed by atoms with Gasteiger partial charge in [0.05, 0.1) is 7.11 Å². The summed E-state index contributed by atoms with van der Waals surface area (Å²) in [6.45, 7) is 0.476. The van der Waals surface area contributed by atoms with Crippen LogP contribution in [0.2, 0.25) is 0 Å². The fourth-order valence-corrected chi connectivity index (χ4v) is 2.72. The van der Waals surface area contributed by atoms with Gasteiger partial charge in [0, 0.05) is 29.8 Å². The monoisotopic (exact) mass is 392 g/mol. The van der Waals surface area contributed by atoms with Gasteiger partial charge in [-0.2, -0.15) is 0 Å². The molecule has 5 nitrogen and oxygen atoms in total. The summed E-state index contributed by atoms with van der Waals surface area (Å²) in [5, 5.41) is 5.50. The minimum absolute atomic E-state index is 0.0929. The summed E-state index contributed by atoms with van der Waals surface area (Å²) in [7, 11) is 1.60. The second-order valence-corrected chi connectivity index (χ2v) is 6.38. The summed E-state index contributed by atoms with van der Waals surface area (Å²) in [6.07, 6.45) is 0. The van der Waals surface area contributed by atoms with Gasteiger partial charge < -0.3 is 15.4 Å². The van der Waals surface area contributed by atoms with Gasteiger partial charge in [-0.15, -0.1) is 0 Å². The van der Waals surface area contributed by atoms with Crippen molar-refractivity contribution in [2.24, 2.45) is 0 Å². The third kappa shape index (κ3) is 5.42. The fraction of sp³-hybridized carbons (Fsp3) is 0.130. The van der Waals surface area contributed by atoms with Crippen LogP contribution in [0.3, 0.4) is 0 Å². The Morgan fingerprint density at radius 2 is 1.34 bits per heavy atom. The second kappa shape index (κ2) is 9.50. The summed E-state index contributed by atoms with van der Waals surface area (Å²) in [4.78, 5) is 24.5. The molecule has 0 heterocycles. The van der Waals surface area contributed by atoms with Gasteiger partial charge in [0.1, 0.15) is 11.6 Å². The summed E-state index contributed by atoms with van der Waals surface area (Å²) >= 11 is 0. The number of amides is 2. The van der Waals surface area contributed by atoms with Crippen LogP contribution < -0.4 is 15.4 Å². The Hall–Kier alpha value is -3.67. The van der Waals surface area contributed by atoms with Gasteiger partial charge in [0.2, 0.25) is 0 Å². The third-order valence-corrected chi connectivity index (χ3v) is 4.42. The van der Waals surface area contributed by atoms with E-state index in [1.165, 1.54) is 6.07 Å². The number of carbonyl (C=O) groups excluding carboxylic acids is 2. The molecular formula is C23H21FN2O3. The first-order valence-corrected chi connectivity index (χ1v) is 9.09. The molecule has 0 saturated heterocycles. The van der Waals surface area contributed by atoms with Crippen molar-refractivity contribution in [2.45, 2.75) is 13.1 Å². The molecule has 0 saturated carbocycles. The van der Waals surface area contributed by atoms with E-state index in [1.807, 2.05) is 24.3 Å². The van der Waals surface area contributed by atoms with Crippen molar-refractivity contribution < 1.29 is 18.7 Å². The summed E-state index contributed by atoms with van der Waals surface area (Å²) in [5.74, 6) is -0.182. The molecule has 0 aliphatic rings. The molecule has 6 heteroatoms. The van der Waals surface area contributed by atoms with Gasteiger partial charge >= 0.3 is 0 Å². The number of ether oxygens (including phenoxy) is 1. The van der Waals surface area contributed by atoms with Crippen LogP contribution in [-0.2, 0) is 13.1 Å². The number of rotatable bonds is 7. The molecule has 2 N–H and O–H groups in total.